The zero-order chi connectivity index (χ0) is 14.4. The van der Waals surface area contributed by atoms with Crippen molar-refractivity contribution in [1.29, 1.82) is 0 Å². The first kappa shape index (κ1) is 14.7. The Morgan fingerprint density at radius 3 is 2.70 bits per heavy atom. The Kier molecular flexibility index (Phi) is 5.24. The van der Waals surface area contributed by atoms with Crippen LogP contribution in [0.5, 0.6) is 5.88 Å². The summed E-state index contributed by atoms with van der Waals surface area (Å²) in [7, 11) is 0. The molecule has 0 aliphatic rings. The van der Waals surface area contributed by atoms with Gasteiger partial charge in [-0.05, 0) is 37.1 Å². The lowest BCUT2D eigenvalue weighted by atomic mass is 10.0. The number of nitrogens with zero attached hydrogens (tertiary/aromatic N) is 1. The summed E-state index contributed by atoms with van der Waals surface area (Å²) in [4.78, 5) is 4.26. The topological polar surface area (TPSA) is 34.1 Å². The molecule has 2 rings (SSSR count). The molecule has 1 aromatic carbocycles. The molecule has 0 aliphatic heterocycles. The van der Waals surface area contributed by atoms with Gasteiger partial charge >= 0.3 is 0 Å². The van der Waals surface area contributed by atoms with Crippen LogP contribution in [-0.4, -0.2) is 11.6 Å². The SMILES string of the molecule is CCOc1ccc(NC(CC)c2cccc(Cl)c2)cn1. The van der Waals surface area contributed by atoms with E-state index >= 15 is 0 Å². The molecule has 0 radical (unpaired) electrons. The Hall–Kier alpha value is -1.74. The molecule has 1 aromatic heterocycles. The van der Waals surface area contributed by atoms with Gasteiger partial charge in [0.2, 0.25) is 5.88 Å². The summed E-state index contributed by atoms with van der Waals surface area (Å²) in [5.74, 6) is 0.647. The predicted molar refractivity (Wildman–Crippen MR) is 83.5 cm³/mol. The smallest absolute Gasteiger partial charge is 0.213 e. The van der Waals surface area contributed by atoms with Crippen LogP contribution in [0.25, 0.3) is 0 Å². The summed E-state index contributed by atoms with van der Waals surface area (Å²) in [5, 5.41) is 4.22. The molecule has 0 aliphatic carbocycles. The minimum atomic E-state index is 0.216. The van der Waals surface area contributed by atoms with E-state index in [9.17, 15) is 0 Å². The van der Waals surface area contributed by atoms with Crippen LogP contribution < -0.4 is 10.1 Å². The van der Waals surface area contributed by atoms with Gasteiger partial charge in [-0.15, -0.1) is 0 Å². The molecule has 1 unspecified atom stereocenters. The summed E-state index contributed by atoms with van der Waals surface area (Å²) in [6, 6.07) is 12.0. The average Bonchev–Trinajstić information content (AvgIpc) is 2.47. The van der Waals surface area contributed by atoms with Gasteiger partial charge in [0, 0.05) is 11.1 Å². The van der Waals surface area contributed by atoms with Gasteiger partial charge in [-0.25, -0.2) is 4.98 Å². The van der Waals surface area contributed by atoms with E-state index in [1.54, 1.807) is 6.20 Å². The van der Waals surface area contributed by atoms with Crippen molar-refractivity contribution in [2.24, 2.45) is 0 Å². The Morgan fingerprint density at radius 2 is 2.10 bits per heavy atom. The van der Waals surface area contributed by atoms with Gasteiger partial charge in [0.1, 0.15) is 0 Å². The van der Waals surface area contributed by atoms with E-state index in [1.165, 1.54) is 5.56 Å². The first-order chi connectivity index (χ1) is 9.72. The van der Waals surface area contributed by atoms with Crippen molar-refractivity contribution >= 4 is 17.3 Å². The summed E-state index contributed by atoms with van der Waals surface area (Å²) in [6.45, 7) is 4.71. The summed E-state index contributed by atoms with van der Waals surface area (Å²) in [5.41, 5.74) is 2.15. The van der Waals surface area contributed by atoms with Gasteiger partial charge in [-0.3, -0.25) is 0 Å². The van der Waals surface area contributed by atoms with Crippen molar-refractivity contribution in [3.8, 4) is 5.88 Å². The quantitative estimate of drug-likeness (QED) is 0.837. The molecular weight excluding hydrogens is 272 g/mol. The molecule has 1 atom stereocenters. The first-order valence-corrected chi connectivity index (χ1v) is 7.21. The molecule has 0 saturated carbocycles. The monoisotopic (exact) mass is 290 g/mol. The van der Waals surface area contributed by atoms with Crippen molar-refractivity contribution in [1.82, 2.24) is 4.98 Å². The fourth-order valence-corrected chi connectivity index (χ4v) is 2.24. The molecule has 106 valence electrons. The van der Waals surface area contributed by atoms with Crippen LogP contribution in [0, 0.1) is 0 Å². The Morgan fingerprint density at radius 1 is 1.25 bits per heavy atom. The lowest BCUT2D eigenvalue weighted by Gasteiger charge is -2.19. The van der Waals surface area contributed by atoms with E-state index in [2.05, 4.69) is 23.3 Å². The number of rotatable bonds is 6. The highest BCUT2D eigenvalue weighted by molar-refractivity contribution is 6.30. The maximum Gasteiger partial charge on any atom is 0.213 e. The van der Waals surface area contributed by atoms with E-state index in [1.807, 2.05) is 37.3 Å². The molecule has 2 aromatic rings. The highest BCUT2D eigenvalue weighted by atomic mass is 35.5. The minimum absolute atomic E-state index is 0.216. The standard InChI is InChI=1S/C16H19ClN2O/c1-3-15(12-6-5-7-13(17)10-12)19-14-8-9-16(18-11-14)20-4-2/h5-11,15,19H,3-4H2,1-2H3. The predicted octanol–water partition coefficient (Wildman–Crippen LogP) is 4.70. The van der Waals surface area contributed by atoms with Gasteiger partial charge in [-0.1, -0.05) is 30.7 Å². The second-order valence-electron chi connectivity index (χ2n) is 4.48. The number of nitrogens with one attached hydrogen (secondary N) is 1. The Balaban J connectivity index is 2.09. The lowest BCUT2D eigenvalue weighted by molar-refractivity contribution is 0.327. The Bertz CT molecular complexity index is 542. The Labute approximate surface area is 124 Å². The molecular formula is C16H19ClN2O. The van der Waals surface area contributed by atoms with Crippen molar-refractivity contribution in [3.63, 3.8) is 0 Å². The van der Waals surface area contributed by atoms with E-state index in [0.29, 0.717) is 12.5 Å². The van der Waals surface area contributed by atoms with Crippen molar-refractivity contribution < 1.29 is 4.74 Å². The van der Waals surface area contributed by atoms with Crippen LogP contribution in [0.3, 0.4) is 0 Å². The van der Waals surface area contributed by atoms with Crippen LogP contribution in [0.1, 0.15) is 31.9 Å². The number of halogens is 1. The van der Waals surface area contributed by atoms with Gasteiger partial charge in [-0.2, -0.15) is 0 Å². The van der Waals surface area contributed by atoms with Crippen LogP contribution in [-0.2, 0) is 0 Å². The third kappa shape index (κ3) is 3.87. The van der Waals surface area contributed by atoms with Gasteiger partial charge in [0.15, 0.2) is 0 Å². The van der Waals surface area contributed by atoms with E-state index in [4.69, 9.17) is 16.3 Å². The van der Waals surface area contributed by atoms with Crippen molar-refractivity contribution in [2.45, 2.75) is 26.3 Å². The van der Waals surface area contributed by atoms with Crippen molar-refractivity contribution in [3.05, 3.63) is 53.2 Å². The zero-order valence-corrected chi connectivity index (χ0v) is 12.5. The first-order valence-electron chi connectivity index (χ1n) is 6.83. The molecule has 0 bridgehead atoms. The number of anilines is 1. The number of pyridine rings is 1. The van der Waals surface area contributed by atoms with Gasteiger partial charge in [0.05, 0.1) is 24.5 Å². The second-order valence-corrected chi connectivity index (χ2v) is 4.91. The van der Waals surface area contributed by atoms with Gasteiger partial charge in [0.25, 0.3) is 0 Å². The van der Waals surface area contributed by atoms with Crippen LogP contribution in [0.4, 0.5) is 5.69 Å². The molecule has 0 spiro atoms. The molecule has 0 amide bonds. The highest BCUT2D eigenvalue weighted by Crippen LogP contribution is 2.25. The van der Waals surface area contributed by atoms with Gasteiger partial charge < -0.3 is 10.1 Å². The van der Waals surface area contributed by atoms with E-state index < -0.39 is 0 Å². The van der Waals surface area contributed by atoms with E-state index in [0.717, 1.165) is 17.1 Å². The molecule has 4 heteroatoms. The van der Waals surface area contributed by atoms with E-state index in [-0.39, 0.29) is 6.04 Å². The maximum absolute atomic E-state index is 6.05. The highest BCUT2D eigenvalue weighted by Gasteiger charge is 2.09. The summed E-state index contributed by atoms with van der Waals surface area (Å²) >= 11 is 6.05. The number of ether oxygens (including phenoxy) is 1. The number of hydrogen-bond acceptors (Lipinski definition) is 3. The number of aromatic nitrogens is 1. The molecule has 20 heavy (non-hydrogen) atoms. The fourth-order valence-electron chi connectivity index (χ4n) is 2.04. The molecule has 1 heterocycles. The van der Waals surface area contributed by atoms with Crippen LogP contribution in [0.15, 0.2) is 42.6 Å². The lowest BCUT2D eigenvalue weighted by Crippen LogP contribution is -2.09. The summed E-state index contributed by atoms with van der Waals surface area (Å²) < 4.78 is 5.34. The zero-order valence-electron chi connectivity index (χ0n) is 11.8. The molecule has 0 fully saturated rings. The largest absolute Gasteiger partial charge is 0.478 e. The molecule has 1 N–H and O–H groups in total. The fraction of sp³-hybridized carbons (Fsp3) is 0.312. The number of benzene rings is 1. The third-order valence-corrected chi connectivity index (χ3v) is 3.26. The second kappa shape index (κ2) is 7.15. The number of hydrogen-bond donors (Lipinski definition) is 1. The normalized spacial score (nSPS) is 11.9. The van der Waals surface area contributed by atoms with Crippen LogP contribution in [0.2, 0.25) is 5.02 Å². The average molecular weight is 291 g/mol. The van der Waals surface area contributed by atoms with Crippen LogP contribution >= 0.6 is 11.6 Å². The van der Waals surface area contributed by atoms with Crippen molar-refractivity contribution in [2.75, 3.05) is 11.9 Å². The minimum Gasteiger partial charge on any atom is -0.478 e. The molecule has 3 nitrogen and oxygen atoms in total. The maximum atomic E-state index is 6.05. The third-order valence-electron chi connectivity index (χ3n) is 3.03. The summed E-state index contributed by atoms with van der Waals surface area (Å²) in [6.07, 6.45) is 2.76. The molecule has 0 saturated heterocycles.